The highest BCUT2D eigenvalue weighted by Gasteiger charge is 2.23. The molecule has 3 aromatic rings. The molecule has 170 valence electrons. The van der Waals surface area contributed by atoms with Crippen LogP contribution in [-0.2, 0) is 13.0 Å². The largest absolute Gasteiger partial charge is 0.497 e. The van der Waals surface area contributed by atoms with E-state index >= 15 is 0 Å². The minimum Gasteiger partial charge on any atom is -0.497 e. The van der Waals surface area contributed by atoms with Crippen LogP contribution in [0.1, 0.15) is 18.1 Å². The van der Waals surface area contributed by atoms with E-state index in [1.165, 1.54) is 11.1 Å². The first kappa shape index (κ1) is 20.5. The topological polar surface area (TPSA) is 58.4 Å². The summed E-state index contributed by atoms with van der Waals surface area (Å²) in [7, 11) is 1.68. The number of aromatic nitrogens is 3. The van der Waals surface area contributed by atoms with E-state index in [2.05, 4.69) is 70.3 Å². The summed E-state index contributed by atoms with van der Waals surface area (Å²) < 4.78 is 19.3. The lowest BCUT2D eigenvalue weighted by Gasteiger charge is -2.21. The fourth-order valence-corrected chi connectivity index (χ4v) is 4.54. The maximum absolute atomic E-state index is 5.88. The Morgan fingerprint density at radius 2 is 1.53 bits per heavy atom. The molecule has 3 aliphatic rings. The molecule has 0 saturated heterocycles. The van der Waals surface area contributed by atoms with Crippen molar-refractivity contribution >= 4 is 10.9 Å². The SMILES string of the molecule is CCc1ccc(-c2nnc3c4cc5c(cc4n(Cc4ccc(OC)cc4)cc2-3)OCCO5)cc1. The first-order valence-electron chi connectivity index (χ1n) is 11.5. The van der Waals surface area contributed by atoms with Gasteiger partial charge in [-0.15, -0.1) is 10.2 Å². The molecule has 3 aromatic carbocycles. The van der Waals surface area contributed by atoms with Crippen LogP contribution in [0, 0.1) is 0 Å². The van der Waals surface area contributed by atoms with Crippen molar-refractivity contribution in [3.05, 3.63) is 78.0 Å². The molecule has 0 aliphatic carbocycles. The van der Waals surface area contributed by atoms with Gasteiger partial charge >= 0.3 is 0 Å². The monoisotopic (exact) mass is 451 g/mol. The predicted molar refractivity (Wildman–Crippen MR) is 132 cm³/mol. The molecule has 0 aromatic heterocycles. The summed E-state index contributed by atoms with van der Waals surface area (Å²) in [5.74, 6) is 2.35. The number of nitrogens with zero attached hydrogens (tertiary/aromatic N) is 3. The second-order valence-electron chi connectivity index (χ2n) is 8.48. The summed E-state index contributed by atoms with van der Waals surface area (Å²) in [6.45, 7) is 3.94. The van der Waals surface area contributed by atoms with Crippen LogP contribution < -0.4 is 14.2 Å². The van der Waals surface area contributed by atoms with Gasteiger partial charge in [-0.25, -0.2) is 0 Å². The highest BCUT2D eigenvalue weighted by molar-refractivity contribution is 5.99. The van der Waals surface area contributed by atoms with Crippen LogP contribution in [0.25, 0.3) is 33.4 Å². The van der Waals surface area contributed by atoms with Gasteiger partial charge in [0.25, 0.3) is 0 Å². The van der Waals surface area contributed by atoms with Crippen molar-refractivity contribution in [3.63, 3.8) is 0 Å². The lowest BCUT2D eigenvalue weighted by molar-refractivity contribution is 0.172. The minimum absolute atomic E-state index is 0.544. The number of benzene rings is 3. The van der Waals surface area contributed by atoms with Gasteiger partial charge in [0.05, 0.1) is 12.6 Å². The number of hydrogen-bond acceptors (Lipinski definition) is 5. The molecule has 0 atom stereocenters. The van der Waals surface area contributed by atoms with Crippen molar-refractivity contribution < 1.29 is 14.2 Å². The van der Waals surface area contributed by atoms with E-state index in [9.17, 15) is 0 Å². The molecule has 0 fully saturated rings. The van der Waals surface area contributed by atoms with E-state index in [1.54, 1.807) is 7.11 Å². The molecule has 0 saturated carbocycles. The summed E-state index contributed by atoms with van der Waals surface area (Å²) in [6.07, 6.45) is 3.16. The van der Waals surface area contributed by atoms with E-state index < -0.39 is 0 Å². The normalized spacial score (nSPS) is 12.9. The summed E-state index contributed by atoms with van der Waals surface area (Å²) in [6, 6.07) is 20.8. The Labute approximate surface area is 198 Å². The third-order valence-electron chi connectivity index (χ3n) is 6.42. The second-order valence-corrected chi connectivity index (χ2v) is 8.48. The van der Waals surface area contributed by atoms with Crippen molar-refractivity contribution in [1.29, 1.82) is 0 Å². The fraction of sp³-hybridized carbons (Fsp3) is 0.214. The number of hydrogen-bond donors (Lipinski definition) is 0. The Bertz CT molecular complexity index is 1440. The summed E-state index contributed by atoms with van der Waals surface area (Å²) in [5, 5.41) is 10.2. The average Bonchev–Trinajstić information content (AvgIpc) is 3.32. The van der Waals surface area contributed by atoms with Crippen molar-refractivity contribution in [2.45, 2.75) is 19.9 Å². The number of methoxy groups -OCH3 is 1. The molecule has 0 amide bonds. The molecule has 0 N–H and O–H groups in total. The molecule has 34 heavy (non-hydrogen) atoms. The first-order chi connectivity index (χ1) is 16.7. The number of rotatable bonds is 5. The third kappa shape index (κ3) is 3.52. The van der Waals surface area contributed by atoms with E-state index in [0.29, 0.717) is 19.8 Å². The van der Waals surface area contributed by atoms with Gasteiger partial charge < -0.3 is 18.8 Å². The van der Waals surface area contributed by atoms with Crippen molar-refractivity contribution in [1.82, 2.24) is 14.8 Å². The van der Waals surface area contributed by atoms with Gasteiger partial charge in [-0.1, -0.05) is 43.3 Å². The highest BCUT2D eigenvalue weighted by Crippen LogP contribution is 2.42. The van der Waals surface area contributed by atoms with Crippen molar-refractivity contribution in [2.24, 2.45) is 0 Å². The molecule has 0 bridgehead atoms. The van der Waals surface area contributed by atoms with E-state index in [1.807, 2.05) is 18.2 Å². The van der Waals surface area contributed by atoms with Crippen LogP contribution in [-0.4, -0.2) is 35.1 Å². The molecule has 0 unspecified atom stereocenters. The molecule has 3 heterocycles. The van der Waals surface area contributed by atoms with Crippen LogP contribution in [0.15, 0.2) is 66.9 Å². The lowest BCUT2D eigenvalue weighted by atomic mass is 10.00. The second kappa shape index (κ2) is 8.37. The van der Waals surface area contributed by atoms with E-state index in [0.717, 1.165) is 57.1 Å². The lowest BCUT2D eigenvalue weighted by Crippen LogP contribution is -2.15. The molecule has 6 nitrogen and oxygen atoms in total. The average molecular weight is 452 g/mol. The Kier molecular flexibility index (Phi) is 5.06. The molecule has 0 radical (unpaired) electrons. The summed E-state index contributed by atoms with van der Waals surface area (Å²) in [5.41, 5.74) is 7.33. The van der Waals surface area contributed by atoms with Crippen LogP contribution in [0.4, 0.5) is 0 Å². The molecule has 6 rings (SSSR count). The Balaban J connectivity index is 1.54. The maximum Gasteiger partial charge on any atom is 0.163 e. The van der Waals surface area contributed by atoms with Gasteiger partial charge in [-0.2, -0.15) is 0 Å². The quantitative estimate of drug-likeness (QED) is 0.348. The minimum atomic E-state index is 0.544. The third-order valence-corrected chi connectivity index (χ3v) is 6.42. The smallest absolute Gasteiger partial charge is 0.163 e. The molecule has 0 spiro atoms. The molecule has 6 heteroatoms. The standard InChI is InChI=1S/C28H25N3O3/c1-3-18-4-8-20(9-5-18)27-23-17-31(16-19-6-10-21(32-2)11-7-19)24-15-26-25(33-12-13-34-26)14-22(24)28(23)30-29-27/h4-11,14-15,17H,3,12-13,16H2,1-2H3. The zero-order chi connectivity index (χ0) is 23.1. The highest BCUT2D eigenvalue weighted by atomic mass is 16.6. The maximum atomic E-state index is 5.88. The van der Waals surface area contributed by atoms with Gasteiger partial charge in [0.15, 0.2) is 11.5 Å². The molecule has 3 aliphatic heterocycles. The van der Waals surface area contributed by atoms with Crippen LogP contribution >= 0.6 is 0 Å². The number of fused-ring (bicyclic) bond motifs is 4. The van der Waals surface area contributed by atoms with E-state index in [-0.39, 0.29) is 0 Å². The van der Waals surface area contributed by atoms with Gasteiger partial charge in [0.1, 0.15) is 30.4 Å². The Hall–Kier alpha value is -4.06. The summed E-state index contributed by atoms with van der Waals surface area (Å²) in [4.78, 5) is 0. The number of ether oxygens (including phenoxy) is 3. The van der Waals surface area contributed by atoms with Gasteiger partial charge in [0, 0.05) is 35.3 Å². The molecular weight excluding hydrogens is 426 g/mol. The van der Waals surface area contributed by atoms with Gasteiger partial charge in [-0.3, -0.25) is 0 Å². The first-order valence-corrected chi connectivity index (χ1v) is 11.5. The fourth-order valence-electron chi connectivity index (χ4n) is 4.54. The van der Waals surface area contributed by atoms with Gasteiger partial charge in [-0.05, 0) is 35.7 Å². The Morgan fingerprint density at radius 1 is 0.853 bits per heavy atom. The number of aryl methyl sites for hydroxylation is 1. The zero-order valence-electron chi connectivity index (χ0n) is 19.2. The van der Waals surface area contributed by atoms with Crippen molar-refractivity contribution in [3.8, 4) is 39.8 Å². The van der Waals surface area contributed by atoms with Crippen LogP contribution in [0.3, 0.4) is 0 Å². The summed E-state index contributed by atoms with van der Waals surface area (Å²) >= 11 is 0. The van der Waals surface area contributed by atoms with Crippen LogP contribution in [0.2, 0.25) is 0 Å². The number of pyridine rings is 1. The van der Waals surface area contributed by atoms with Crippen LogP contribution in [0.5, 0.6) is 17.2 Å². The molecular formula is C28H25N3O3. The van der Waals surface area contributed by atoms with E-state index in [4.69, 9.17) is 14.2 Å². The van der Waals surface area contributed by atoms with Crippen molar-refractivity contribution in [2.75, 3.05) is 20.3 Å². The predicted octanol–water partition coefficient (Wildman–Crippen LogP) is 5.59. The zero-order valence-corrected chi connectivity index (χ0v) is 19.2. The van der Waals surface area contributed by atoms with Gasteiger partial charge in [0.2, 0.25) is 0 Å². The Morgan fingerprint density at radius 3 is 2.24 bits per heavy atom.